The van der Waals surface area contributed by atoms with Crippen LogP contribution < -0.4 is 14.8 Å². The molecule has 0 radical (unpaired) electrons. The number of nitrogens with one attached hydrogen (secondary N) is 1. The summed E-state index contributed by atoms with van der Waals surface area (Å²) in [4.78, 5) is 11.8. The van der Waals surface area contributed by atoms with Crippen molar-refractivity contribution in [2.45, 2.75) is 12.3 Å². The van der Waals surface area contributed by atoms with Crippen LogP contribution in [0.15, 0.2) is 5.38 Å². The van der Waals surface area contributed by atoms with E-state index < -0.39 is 0 Å². The number of carbonyl (C=O) groups is 1. The maximum Gasteiger partial charge on any atom is 0.217 e. The molecule has 0 spiro atoms. The van der Waals surface area contributed by atoms with Crippen LogP contribution in [-0.2, 0) is 4.79 Å². The van der Waals surface area contributed by atoms with E-state index in [0.29, 0.717) is 32.0 Å². The number of hydrogen-bond donors (Lipinski definition) is 1. The SMILES string of the molecule is O=C1CCNCC1c1csc2c1OCCO2. The van der Waals surface area contributed by atoms with Gasteiger partial charge in [0.2, 0.25) is 5.06 Å². The Kier molecular flexibility index (Phi) is 2.57. The second-order valence-corrected chi connectivity index (χ2v) is 4.82. The molecule has 3 heterocycles. The molecule has 86 valence electrons. The highest BCUT2D eigenvalue weighted by Gasteiger charge is 2.30. The normalized spacial score (nSPS) is 24.5. The highest BCUT2D eigenvalue weighted by Crippen LogP contribution is 2.44. The number of fused-ring (bicyclic) bond motifs is 1. The Morgan fingerprint density at radius 3 is 3.12 bits per heavy atom. The van der Waals surface area contributed by atoms with Crippen molar-refractivity contribution in [3.05, 3.63) is 10.9 Å². The summed E-state index contributed by atoms with van der Waals surface area (Å²) < 4.78 is 11.1. The molecular weight excluding hydrogens is 226 g/mol. The first kappa shape index (κ1) is 10.1. The first-order valence-electron chi connectivity index (χ1n) is 5.46. The quantitative estimate of drug-likeness (QED) is 0.799. The van der Waals surface area contributed by atoms with E-state index in [1.807, 2.05) is 5.38 Å². The summed E-state index contributed by atoms with van der Waals surface area (Å²) in [6.45, 7) is 2.68. The highest BCUT2D eigenvalue weighted by atomic mass is 32.1. The molecule has 1 aromatic rings. The van der Waals surface area contributed by atoms with Crippen LogP contribution in [-0.4, -0.2) is 32.1 Å². The Labute approximate surface area is 97.6 Å². The van der Waals surface area contributed by atoms with Gasteiger partial charge in [0.05, 0.1) is 5.92 Å². The van der Waals surface area contributed by atoms with Gasteiger partial charge >= 0.3 is 0 Å². The van der Waals surface area contributed by atoms with Gasteiger partial charge in [-0.15, -0.1) is 11.3 Å². The van der Waals surface area contributed by atoms with Gasteiger partial charge in [0.25, 0.3) is 0 Å². The molecule has 0 aromatic carbocycles. The molecule has 5 heteroatoms. The molecule has 2 aliphatic rings. The van der Waals surface area contributed by atoms with E-state index in [0.717, 1.165) is 22.9 Å². The summed E-state index contributed by atoms with van der Waals surface area (Å²) in [5, 5.41) is 6.06. The fraction of sp³-hybridized carbons (Fsp3) is 0.545. The third kappa shape index (κ3) is 1.60. The first-order valence-corrected chi connectivity index (χ1v) is 6.34. The second kappa shape index (κ2) is 4.07. The van der Waals surface area contributed by atoms with Gasteiger partial charge in [-0.3, -0.25) is 4.79 Å². The van der Waals surface area contributed by atoms with Crippen LogP contribution >= 0.6 is 11.3 Å². The molecule has 1 aromatic heterocycles. The lowest BCUT2D eigenvalue weighted by Gasteiger charge is -2.23. The van der Waals surface area contributed by atoms with Crippen molar-refractivity contribution in [2.24, 2.45) is 0 Å². The van der Waals surface area contributed by atoms with E-state index in [-0.39, 0.29) is 5.92 Å². The topological polar surface area (TPSA) is 47.6 Å². The Morgan fingerprint density at radius 2 is 2.25 bits per heavy atom. The number of ether oxygens (including phenoxy) is 2. The van der Waals surface area contributed by atoms with Crippen molar-refractivity contribution in [1.29, 1.82) is 0 Å². The van der Waals surface area contributed by atoms with Gasteiger partial charge in [0, 0.05) is 30.5 Å². The van der Waals surface area contributed by atoms with E-state index in [1.54, 1.807) is 0 Å². The maximum atomic E-state index is 11.8. The number of thiophene rings is 1. The van der Waals surface area contributed by atoms with Crippen LogP contribution in [0.4, 0.5) is 0 Å². The lowest BCUT2D eigenvalue weighted by atomic mass is 9.92. The highest BCUT2D eigenvalue weighted by molar-refractivity contribution is 7.12. The number of ketones is 1. The van der Waals surface area contributed by atoms with Crippen molar-refractivity contribution in [3.63, 3.8) is 0 Å². The molecule has 0 amide bonds. The van der Waals surface area contributed by atoms with Gasteiger partial charge < -0.3 is 14.8 Å². The smallest absolute Gasteiger partial charge is 0.217 e. The predicted octanol–water partition coefficient (Wildman–Crippen LogP) is 1.17. The Balaban J connectivity index is 1.93. The largest absolute Gasteiger partial charge is 0.485 e. The summed E-state index contributed by atoms with van der Waals surface area (Å²) in [6, 6.07) is 0. The van der Waals surface area contributed by atoms with E-state index >= 15 is 0 Å². The zero-order chi connectivity index (χ0) is 11.0. The van der Waals surface area contributed by atoms with Crippen molar-refractivity contribution in [2.75, 3.05) is 26.3 Å². The second-order valence-electron chi connectivity index (χ2n) is 3.98. The van der Waals surface area contributed by atoms with Crippen molar-refractivity contribution < 1.29 is 14.3 Å². The Morgan fingerprint density at radius 1 is 1.38 bits per heavy atom. The first-order chi connectivity index (χ1) is 7.86. The molecule has 4 nitrogen and oxygen atoms in total. The zero-order valence-corrected chi connectivity index (χ0v) is 9.64. The fourth-order valence-electron chi connectivity index (χ4n) is 2.13. The molecular formula is C11H13NO3S. The van der Waals surface area contributed by atoms with Gasteiger partial charge in [0.15, 0.2) is 5.75 Å². The van der Waals surface area contributed by atoms with Crippen LogP contribution in [0.3, 0.4) is 0 Å². The minimum Gasteiger partial charge on any atom is -0.485 e. The molecule has 3 rings (SSSR count). The van der Waals surface area contributed by atoms with E-state index in [4.69, 9.17) is 9.47 Å². The molecule has 1 N–H and O–H groups in total. The molecule has 0 aliphatic carbocycles. The molecule has 2 aliphatic heterocycles. The summed E-state index contributed by atoms with van der Waals surface area (Å²) in [7, 11) is 0. The summed E-state index contributed by atoms with van der Waals surface area (Å²) in [5.41, 5.74) is 0.997. The Hall–Kier alpha value is -1.07. The lowest BCUT2D eigenvalue weighted by molar-refractivity contribution is -0.121. The molecule has 1 unspecified atom stereocenters. The number of hydrogen-bond acceptors (Lipinski definition) is 5. The van der Waals surface area contributed by atoms with Crippen molar-refractivity contribution >= 4 is 17.1 Å². The minimum absolute atomic E-state index is 0.0598. The maximum absolute atomic E-state index is 11.8. The predicted molar refractivity (Wildman–Crippen MR) is 60.5 cm³/mol. The van der Waals surface area contributed by atoms with Crippen molar-refractivity contribution in [3.8, 4) is 10.8 Å². The number of carbonyl (C=O) groups excluding carboxylic acids is 1. The van der Waals surface area contributed by atoms with Crippen LogP contribution in [0.1, 0.15) is 17.9 Å². The number of rotatable bonds is 1. The molecule has 16 heavy (non-hydrogen) atoms. The van der Waals surface area contributed by atoms with Gasteiger partial charge in [-0.05, 0) is 0 Å². The van der Waals surface area contributed by atoms with Crippen LogP contribution in [0, 0.1) is 0 Å². The summed E-state index contributed by atoms with van der Waals surface area (Å²) in [5.74, 6) is 1.03. The lowest BCUT2D eigenvalue weighted by Crippen LogP contribution is -2.35. The zero-order valence-electron chi connectivity index (χ0n) is 8.82. The molecule has 1 atom stereocenters. The number of piperidine rings is 1. The fourth-order valence-corrected chi connectivity index (χ4v) is 3.07. The molecule has 1 saturated heterocycles. The standard InChI is InChI=1S/C11H13NO3S/c13-9-1-2-12-5-7(9)8-6-16-11-10(8)14-3-4-15-11/h6-7,12H,1-5H2. The van der Waals surface area contributed by atoms with Gasteiger partial charge in [0.1, 0.15) is 19.0 Å². The average molecular weight is 239 g/mol. The third-order valence-electron chi connectivity index (χ3n) is 2.96. The molecule has 0 saturated carbocycles. The minimum atomic E-state index is -0.0598. The summed E-state index contributed by atoms with van der Waals surface area (Å²) in [6.07, 6.45) is 0.607. The molecule has 1 fully saturated rings. The van der Waals surface area contributed by atoms with Gasteiger partial charge in [-0.1, -0.05) is 0 Å². The average Bonchev–Trinajstić information content (AvgIpc) is 2.74. The molecule has 0 bridgehead atoms. The van der Waals surface area contributed by atoms with E-state index in [1.165, 1.54) is 11.3 Å². The van der Waals surface area contributed by atoms with Gasteiger partial charge in [-0.25, -0.2) is 0 Å². The van der Waals surface area contributed by atoms with Crippen molar-refractivity contribution in [1.82, 2.24) is 5.32 Å². The van der Waals surface area contributed by atoms with Gasteiger partial charge in [-0.2, -0.15) is 0 Å². The van der Waals surface area contributed by atoms with Crippen LogP contribution in [0.5, 0.6) is 10.8 Å². The van der Waals surface area contributed by atoms with E-state index in [2.05, 4.69) is 5.32 Å². The van der Waals surface area contributed by atoms with Crippen LogP contribution in [0.2, 0.25) is 0 Å². The third-order valence-corrected chi connectivity index (χ3v) is 3.85. The number of Topliss-reactive ketones (excluding diaryl/α,β-unsaturated/α-hetero) is 1. The van der Waals surface area contributed by atoms with E-state index in [9.17, 15) is 4.79 Å². The summed E-state index contributed by atoms with van der Waals surface area (Å²) >= 11 is 1.52. The monoisotopic (exact) mass is 239 g/mol. The Bertz CT molecular complexity index is 415. The van der Waals surface area contributed by atoms with Crippen LogP contribution in [0.25, 0.3) is 0 Å².